The largest absolute Gasteiger partial charge is 0.496 e. The van der Waals surface area contributed by atoms with Crippen molar-refractivity contribution < 1.29 is 9.26 Å². The van der Waals surface area contributed by atoms with Crippen LogP contribution in [0, 0.1) is 0 Å². The lowest BCUT2D eigenvalue weighted by atomic mass is 10.2. The predicted molar refractivity (Wildman–Crippen MR) is 72.9 cm³/mol. The Morgan fingerprint density at radius 1 is 1.30 bits per heavy atom. The summed E-state index contributed by atoms with van der Waals surface area (Å²) < 4.78 is 12.2. The van der Waals surface area contributed by atoms with Crippen molar-refractivity contribution in [2.24, 2.45) is 7.05 Å². The fraction of sp³-hybridized carbons (Fsp3) is 0.154. The molecule has 2 N–H and O–H groups in total. The molecule has 0 aliphatic heterocycles. The Balaban J connectivity index is 2.02. The number of hydrogen-bond acceptors (Lipinski definition) is 6. The van der Waals surface area contributed by atoms with Gasteiger partial charge in [0.25, 0.3) is 5.89 Å². The SMILES string of the molecule is COc1cc(N)ccc1-c1nc(-c2ccn(C)n2)no1. The van der Waals surface area contributed by atoms with E-state index in [2.05, 4.69) is 15.2 Å². The van der Waals surface area contributed by atoms with Gasteiger partial charge in [0.1, 0.15) is 11.4 Å². The van der Waals surface area contributed by atoms with Crippen molar-refractivity contribution in [1.82, 2.24) is 19.9 Å². The Morgan fingerprint density at radius 3 is 2.85 bits per heavy atom. The van der Waals surface area contributed by atoms with Gasteiger partial charge in [-0.1, -0.05) is 5.16 Å². The van der Waals surface area contributed by atoms with Crippen molar-refractivity contribution in [3.63, 3.8) is 0 Å². The van der Waals surface area contributed by atoms with Crippen LogP contribution in [0.2, 0.25) is 0 Å². The molecule has 0 fully saturated rings. The van der Waals surface area contributed by atoms with Gasteiger partial charge in [-0.25, -0.2) is 0 Å². The van der Waals surface area contributed by atoms with Crippen LogP contribution in [-0.4, -0.2) is 27.0 Å². The van der Waals surface area contributed by atoms with Gasteiger partial charge >= 0.3 is 0 Å². The molecule has 0 aliphatic rings. The van der Waals surface area contributed by atoms with Crippen LogP contribution in [0.3, 0.4) is 0 Å². The van der Waals surface area contributed by atoms with Crippen LogP contribution in [-0.2, 0) is 7.05 Å². The van der Waals surface area contributed by atoms with Crippen LogP contribution in [0.4, 0.5) is 5.69 Å². The Kier molecular flexibility index (Phi) is 2.86. The van der Waals surface area contributed by atoms with Crippen LogP contribution < -0.4 is 10.5 Å². The molecule has 0 amide bonds. The lowest BCUT2D eigenvalue weighted by Crippen LogP contribution is -1.92. The molecule has 7 heteroatoms. The molecule has 0 atom stereocenters. The first-order valence-corrected chi connectivity index (χ1v) is 5.95. The number of nitrogens with two attached hydrogens (primary N) is 1. The molecule has 3 rings (SSSR count). The predicted octanol–water partition coefficient (Wildman–Crippen LogP) is 1.73. The zero-order valence-corrected chi connectivity index (χ0v) is 11.1. The highest BCUT2D eigenvalue weighted by atomic mass is 16.5. The molecule has 0 radical (unpaired) electrons. The summed E-state index contributed by atoms with van der Waals surface area (Å²) in [5.74, 6) is 1.38. The quantitative estimate of drug-likeness (QED) is 0.729. The van der Waals surface area contributed by atoms with E-state index in [9.17, 15) is 0 Å². The van der Waals surface area contributed by atoms with Gasteiger partial charge in [0.05, 0.1) is 12.7 Å². The van der Waals surface area contributed by atoms with E-state index < -0.39 is 0 Å². The molecule has 0 bridgehead atoms. The van der Waals surface area contributed by atoms with Gasteiger partial charge in [0.15, 0.2) is 0 Å². The third-order valence-corrected chi connectivity index (χ3v) is 2.82. The Labute approximate surface area is 115 Å². The van der Waals surface area contributed by atoms with Crippen LogP contribution in [0.1, 0.15) is 0 Å². The fourth-order valence-corrected chi connectivity index (χ4v) is 1.86. The van der Waals surface area contributed by atoms with E-state index in [0.29, 0.717) is 34.4 Å². The molecule has 20 heavy (non-hydrogen) atoms. The highest BCUT2D eigenvalue weighted by Gasteiger charge is 2.16. The summed E-state index contributed by atoms with van der Waals surface area (Å²) in [5, 5.41) is 8.15. The van der Waals surface area contributed by atoms with E-state index in [-0.39, 0.29) is 0 Å². The molecule has 2 aromatic heterocycles. The topological polar surface area (TPSA) is 92.0 Å². The van der Waals surface area contributed by atoms with Crippen LogP contribution in [0.15, 0.2) is 35.0 Å². The van der Waals surface area contributed by atoms with E-state index >= 15 is 0 Å². The maximum atomic E-state index is 5.72. The maximum absolute atomic E-state index is 5.72. The lowest BCUT2D eigenvalue weighted by Gasteiger charge is -2.05. The smallest absolute Gasteiger partial charge is 0.262 e. The van der Waals surface area contributed by atoms with Gasteiger partial charge in [-0.2, -0.15) is 10.1 Å². The minimum Gasteiger partial charge on any atom is -0.496 e. The molecular formula is C13H13N5O2. The molecular weight excluding hydrogens is 258 g/mol. The first kappa shape index (κ1) is 12.2. The number of ether oxygens (including phenoxy) is 1. The Hall–Kier alpha value is -2.83. The normalized spacial score (nSPS) is 10.7. The number of anilines is 1. The van der Waals surface area contributed by atoms with Crippen molar-refractivity contribution in [2.45, 2.75) is 0 Å². The van der Waals surface area contributed by atoms with Gasteiger partial charge in [-0.15, -0.1) is 0 Å². The minimum absolute atomic E-state index is 0.363. The summed E-state index contributed by atoms with van der Waals surface area (Å²) in [6, 6.07) is 7.06. The molecule has 1 aromatic carbocycles. The van der Waals surface area contributed by atoms with E-state index in [1.807, 2.05) is 19.3 Å². The number of hydrogen-bond donors (Lipinski definition) is 1. The second-order valence-corrected chi connectivity index (χ2v) is 4.26. The standard InChI is InChI=1S/C13H13N5O2/c1-18-6-5-10(16-18)12-15-13(20-17-12)9-4-3-8(14)7-11(9)19-2/h3-7H,14H2,1-2H3. The van der Waals surface area contributed by atoms with Gasteiger partial charge in [-0.05, 0) is 18.2 Å². The molecule has 2 heterocycles. The molecule has 0 aliphatic carbocycles. The van der Waals surface area contributed by atoms with Crippen molar-refractivity contribution >= 4 is 5.69 Å². The van der Waals surface area contributed by atoms with Gasteiger partial charge in [0.2, 0.25) is 5.82 Å². The van der Waals surface area contributed by atoms with Crippen molar-refractivity contribution in [3.05, 3.63) is 30.5 Å². The van der Waals surface area contributed by atoms with E-state index in [1.54, 1.807) is 30.0 Å². The Bertz CT molecular complexity index is 747. The number of aryl methyl sites for hydroxylation is 1. The molecule has 0 unspecified atom stereocenters. The molecule has 0 saturated carbocycles. The summed E-state index contributed by atoms with van der Waals surface area (Å²) in [7, 11) is 3.39. The summed E-state index contributed by atoms with van der Waals surface area (Å²) in [5.41, 5.74) is 7.67. The third-order valence-electron chi connectivity index (χ3n) is 2.82. The van der Waals surface area contributed by atoms with Crippen LogP contribution >= 0.6 is 0 Å². The second kappa shape index (κ2) is 4.69. The van der Waals surface area contributed by atoms with Gasteiger partial charge in [-0.3, -0.25) is 4.68 Å². The second-order valence-electron chi connectivity index (χ2n) is 4.26. The van der Waals surface area contributed by atoms with Crippen LogP contribution in [0.5, 0.6) is 5.75 Å². The van der Waals surface area contributed by atoms with Crippen molar-refractivity contribution in [1.29, 1.82) is 0 Å². The van der Waals surface area contributed by atoms with Crippen molar-refractivity contribution in [3.8, 4) is 28.7 Å². The molecule has 0 spiro atoms. The number of methoxy groups -OCH3 is 1. The zero-order chi connectivity index (χ0) is 14.1. The summed E-state index contributed by atoms with van der Waals surface area (Å²) in [6.45, 7) is 0. The van der Waals surface area contributed by atoms with E-state index in [4.69, 9.17) is 15.0 Å². The minimum atomic E-state index is 0.363. The number of nitrogen functional groups attached to an aromatic ring is 1. The van der Waals surface area contributed by atoms with Crippen molar-refractivity contribution in [2.75, 3.05) is 12.8 Å². The van der Waals surface area contributed by atoms with Gasteiger partial charge < -0.3 is 15.0 Å². The molecule has 7 nitrogen and oxygen atoms in total. The number of aromatic nitrogens is 4. The number of nitrogens with zero attached hydrogens (tertiary/aromatic N) is 4. The molecule has 0 saturated heterocycles. The molecule has 102 valence electrons. The lowest BCUT2D eigenvalue weighted by molar-refractivity contribution is 0.405. The average Bonchev–Trinajstić information content (AvgIpc) is 3.07. The number of benzene rings is 1. The summed E-state index contributed by atoms with van der Waals surface area (Å²) in [6.07, 6.45) is 1.81. The third kappa shape index (κ3) is 2.09. The van der Waals surface area contributed by atoms with E-state index in [0.717, 1.165) is 0 Å². The monoisotopic (exact) mass is 271 g/mol. The Morgan fingerprint density at radius 2 is 2.15 bits per heavy atom. The first-order chi connectivity index (χ1) is 9.67. The van der Waals surface area contributed by atoms with Gasteiger partial charge in [0, 0.05) is 25.0 Å². The zero-order valence-electron chi connectivity index (χ0n) is 11.1. The fourth-order valence-electron chi connectivity index (χ4n) is 1.86. The van der Waals surface area contributed by atoms with E-state index in [1.165, 1.54) is 0 Å². The maximum Gasteiger partial charge on any atom is 0.262 e. The highest BCUT2D eigenvalue weighted by molar-refractivity contribution is 5.67. The highest BCUT2D eigenvalue weighted by Crippen LogP contribution is 2.31. The number of rotatable bonds is 3. The van der Waals surface area contributed by atoms with Crippen LogP contribution in [0.25, 0.3) is 23.0 Å². The average molecular weight is 271 g/mol. The first-order valence-electron chi connectivity index (χ1n) is 5.95. The molecule has 3 aromatic rings. The summed E-state index contributed by atoms with van der Waals surface area (Å²) >= 11 is 0. The summed E-state index contributed by atoms with van der Waals surface area (Å²) in [4.78, 5) is 4.33.